The second-order valence-corrected chi connectivity index (χ2v) is 6.81. The summed E-state index contributed by atoms with van der Waals surface area (Å²) in [6.45, 7) is 6.60. The Bertz CT molecular complexity index is 883. The monoisotopic (exact) mass is 340 g/mol. The number of oxazole rings is 1. The predicted octanol–water partition coefficient (Wildman–Crippen LogP) is 3.89. The smallest absolute Gasteiger partial charge is 0.196 e. The second kappa shape index (κ2) is 6.44. The highest BCUT2D eigenvalue weighted by molar-refractivity contribution is 5.56. The Morgan fingerprint density at radius 1 is 1.32 bits per heavy atom. The van der Waals surface area contributed by atoms with Gasteiger partial charge in [0.25, 0.3) is 0 Å². The van der Waals surface area contributed by atoms with Crippen LogP contribution in [0.15, 0.2) is 34.9 Å². The van der Waals surface area contributed by atoms with Crippen LogP contribution in [0.4, 0.5) is 4.39 Å². The molecule has 25 heavy (non-hydrogen) atoms. The van der Waals surface area contributed by atoms with E-state index in [9.17, 15) is 4.39 Å². The lowest BCUT2D eigenvalue weighted by molar-refractivity contribution is 0.238. The van der Waals surface area contributed by atoms with Crippen LogP contribution >= 0.6 is 0 Å². The zero-order valence-electron chi connectivity index (χ0n) is 14.4. The van der Waals surface area contributed by atoms with Crippen LogP contribution in [0.5, 0.6) is 0 Å². The number of aromatic amines is 1. The lowest BCUT2D eigenvalue weighted by atomic mass is 10.1. The third-order valence-electron chi connectivity index (χ3n) is 4.46. The van der Waals surface area contributed by atoms with Crippen molar-refractivity contribution in [2.45, 2.75) is 39.3 Å². The number of halogens is 1. The summed E-state index contributed by atoms with van der Waals surface area (Å²) >= 11 is 0. The van der Waals surface area contributed by atoms with Gasteiger partial charge in [-0.3, -0.25) is 4.90 Å². The third kappa shape index (κ3) is 3.35. The minimum Gasteiger partial charge on any atom is -0.448 e. The third-order valence-corrected chi connectivity index (χ3v) is 4.46. The second-order valence-electron chi connectivity index (χ2n) is 6.81. The first-order valence-electron chi connectivity index (χ1n) is 8.59. The number of hydrogen-bond donors (Lipinski definition) is 1. The molecule has 0 saturated carbocycles. The molecule has 1 aliphatic heterocycles. The highest BCUT2D eigenvalue weighted by atomic mass is 19.1. The largest absolute Gasteiger partial charge is 0.448 e. The van der Waals surface area contributed by atoms with E-state index in [0.29, 0.717) is 5.92 Å². The van der Waals surface area contributed by atoms with E-state index in [-0.39, 0.29) is 5.82 Å². The number of benzene rings is 1. The van der Waals surface area contributed by atoms with Crippen LogP contribution in [0.25, 0.3) is 11.4 Å². The van der Waals surface area contributed by atoms with Gasteiger partial charge in [0.05, 0.1) is 17.1 Å². The maximum absolute atomic E-state index is 13.4. The molecule has 0 atom stereocenters. The van der Waals surface area contributed by atoms with Crippen molar-refractivity contribution < 1.29 is 8.81 Å². The molecule has 4 rings (SSSR count). The highest BCUT2D eigenvalue weighted by Crippen LogP contribution is 2.24. The van der Waals surface area contributed by atoms with Gasteiger partial charge in [-0.25, -0.2) is 14.4 Å². The minimum atomic E-state index is -0.250. The molecule has 0 fully saturated rings. The number of fused-ring (bicyclic) bond motifs is 1. The molecular formula is C19H21FN4O. The number of nitrogens with one attached hydrogen (secondary N) is 1. The van der Waals surface area contributed by atoms with Crippen LogP contribution in [0.1, 0.15) is 42.7 Å². The van der Waals surface area contributed by atoms with Gasteiger partial charge < -0.3 is 9.40 Å². The highest BCUT2D eigenvalue weighted by Gasteiger charge is 2.22. The standard InChI is InChI=1S/C19H21FN4O/c1-12(2)19-21-15(11-25-19)9-24-7-6-16-17(10-24)23-18(22-16)13-4-3-5-14(20)8-13/h3-5,8,11-12H,6-7,9-10H2,1-2H3,(H,22,23). The van der Waals surface area contributed by atoms with E-state index in [2.05, 4.69) is 33.7 Å². The van der Waals surface area contributed by atoms with E-state index >= 15 is 0 Å². The zero-order valence-corrected chi connectivity index (χ0v) is 14.4. The van der Waals surface area contributed by atoms with Gasteiger partial charge in [0.1, 0.15) is 17.9 Å². The molecule has 0 aliphatic carbocycles. The normalized spacial score (nSPS) is 14.9. The van der Waals surface area contributed by atoms with Gasteiger partial charge in [0.15, 0.2) is 5.89 Å². The number of hydrogen-bond acceptors (Lipinski definition) is 4. The number of rotatable bonds is 4. The van der Waals surface area contributed by atoms with Crippen molar-refractivity contribution >= 4 is 0 Å². The minimum absolute atomic E-state index is 0.250. The van der Waals surface area contributed by atoms with Crippen molar-refractivity contribution in [3.63, 3.8) is 0 Å². The van der Waals surface area contributed by atoms with Gasteiger partial charge in [0, 0.05) is 37.5 Å². The van der Waals surface area contributed by atoms with Gasteiger partial charge in [0.2, 0.25) is 0 Å². The molecular weight excluding hydrogens is 319 g/mol. The van der Waals surface area contributed by atoms with E-state index < -0.39 is 0 Å². The molecule has 0 radical (unpaired) electrons. The van der Waals surface area contributed by atoms with E-state index in [0.717, 1.165) is 60.4 Å². The van der Waals surface area contributed by atoms with Crippen molar-refractivity contribution in [3.05, 3.63) is 59.3 Å². The lowest BCUT2D eigenvalue weighted by Crippen LogP contribution is -2.30. The Morgan fingerprint density at radius 2 is 2.20 bits per heavy atom. The Labute approximate surface area is 145 Å². The first-order valence-corrected chi connectivity index (χ1v) is 8.59. The first kappa shape index (κ1) is 16.0. The van der Waals surface area contributed by atoms with Crippen molar-refractivity contribution in [2.75, 3.05) is 6.54 Å². The number of nitrogens with zero attached hydrogens (tertiary/aromatic N) is 3. The molecule has 0 saturated heterocycles. The summed E-state index contributed by atoms with van der Waals surface area (Å²) in [6.07, 6.45) is 2.62. The summed E-state index contributed by atoms with van der Waals surface area (Å²) in [7, 11) is 0. The summed E-state index contributed by atoms with van der Waals surface area (Å²) in [5, 5.41) is 0. The Morgan fingerprint density at radius 3 is 2.96 bits per heavy atom. The molecule has 2 aromatic heterocycles. The number of imidazole rings is 1. The molecule has 3 heterocycles. The fourth-order valence-corrected chi connectivity index (χ4v) is 3.15. The molecule has 6 heteroatoms. The molecule has 0 spiro atoms. The molecule has 0 unspecified atom stereocenters. The molecule has 130 valence electrons. The molecule has 3 aromatic rings. The maximum Gasteiger partial charge on any atom is 0.196 e. The fraction of sp³-hybridized carbons (Fsp3) is 0.368. The van der Waals surface area contributed by atoms with Crippen LogP contribution < -0.4 is 0 Å². The Kier molecular flexibility index (Phi) is 4.13. The van der Waals surface area contributed by atoms with E-state index in [1.165, 1.54) is 12.1 Å². The first-order chi connectivity index (χ1) is 12.1. The molecule has 1 aromatic carbocycles. The number of aromatic nitrogens is 3. The van der Waals surface area contributed by atoms with Gasteiger partial charge in [-0.1, -0.05) is 26.0 Å². The quantitative estimate of drug-likeness (QED) is 0.783. The molecule has 0 amide bonds. The summed E-state index contributed by atoms with van der Waals surface area (Å²) in [6, 6.07) is 6.52. The van der Waals surface area contributed by atoms with Crippen LogP contribution in [0, 0.1) is 5.82 Å². The Balaban J connectivity index is 1.49. The van der Waals surface area contributed by atoms with E-state index in [1.807, 2.05) is 6.07 Å². The van der Waals surface area contributed by atoms with Crippen molar-refractivity contribution in [2.24, 2.45) is 0 Å². The van der Waals surface area contributed by atoms with Crippen LogP contribution in [0.2, 0.25) is 0 Å². The summed E-state index contributed by atoms with van der Waals surface area (Å²) in [5.74, 6) is 1.56. The summed E-state index contributed by atoms with van der Waals surface area (Å²) in [4.78, 5) is 14.9. The topological polar surface area (TPSA) is 58.0 Å². The lowest BCUT2D eigenvalue weighted by Gasteiger charge is -2.24. The molecule has 5 nitrogen and oxygen atoms in total. The van der Waals surface area contributed by atoms with Crippen molar-refractivity contribution in [1.29, 1.82) is 0 Å². The van der Waals surface area contributed by atoms with E-state index in [1.54, 1.807) is 12.3 Å². The summed E-state index contributed by atoms with van der Waals surface area (Å²) in [5.41, 5.74) is 3.90. The van der Waals surface area contributed by atoms with Gasteiger partial charge in [-0.2, -0.15) is 0 Å². The van der Waals surface area contributed by atoms with Crippen LogP contribution in [-0.2, 0) is 19.5 Å². The average Bonchev–Trinajstić information content (AvgIpc) is 3.21. The molecule has 0 bridgehead atoms. The Hall–Kier alpha value is -2.47. The summed E-state index contributed by atoms with van der Waals surface area (Å²) < 4.78 is 19.0. The van der Waals surface area contributed by atoms with Gasteiger partial charge in [-0.15, -0.1) is 0 Å². The molecule has 1 aliphatic rings. The number of H-pyrrole nitrogens is 1. The van der Waals surface area contributed by atoms with Crippen LogP contribution in [-0.4, -0.2) is 26.4 Å². The predicted molar refractivity (Wildman–Crippen MR) is 92.4 cm³/mol. The van der Waals surface area contributed by atoms with Crippen molar-refractivity contribution in [3.8, 4) is 11.4 Å². The van der Waals surface area contributed by atoms with Crippen molar-refractivity contribution in [1.82, 2.24) is 19.9 Å². The van der Waals surface area contributed by atoms with Crippen LogP contribution in [0.3, 0.4) is 0 Å². The van der Waals surface area contributed by atoms with E-state index in [4.69, 9.17) is 4.42 Å². The average molecular weight is 340 g/mol. The van der Waals surface area contributed by atoms with Gasteiger partial charge in [-0.05, 0) is 12.1 Å². The zero-order chi connectivity index (χ0) is 17.4. The maximum atomic E-state index is 13.4. The van der Waals surface area contributed by atoms with Gasteiger partial charge >= 0.3 is 0 Å². The SMILES string of the molecule is CC(C)c1nc(CN2CCc3nc(-c4cccc(F)c4)[nH]c3C2)co1. The molecule has 1 N–H and O–H groups in total. The fourth-order valence-electron chi connectivity index (χ4n) is 3.15.